The van der Waals surface area contributed by atoms with Crippen molar-refractivity contribution in [2.75, 3.05) is 32.8 Å². The second-order valence-corrected chi connectivity index (χ2v) is 9.28. The van der Waals surface area contributed by atoms with Gasteiger partial charge in [-0.1, -0.05) is 30.3 Å². The van der Waals surface area contributed by atoms with Crippen LogP contribution in [0.4, 0.5) is 0 Å². The fraction of sp³-hybridized carbons (Fsp3) is 0.393. The van der Waals surface area contributed by atoms with E-state index in [1.165, 1.54) is 10.9 Å². The van der Waals surface area contributed by atoms with Gasteiger partial charge in [0, 0.05) is 37.6 Å². The Kier molecular flexibility index (Phi) is 6.74. The first-order chi connectivity index (χ1) is 16.7. The highest BCUT2D eigenvalue weighted by molar-refractivity contribution is 5.97. The summed E-state index contributed by atoms with van der Waals surface area (Å²) >= 11 is 0. The maximum atomic E-state index is 13.5. The van der Waals surface area contributed by atoms with Crippen molar-refractivity contribution in [2.24, 2.45) is 5.92 Å². The Hall–Kier alpha value is -3.41. The smallest absolute Gasteiger partial charge is 0.257 e. The van der Waals surface area contributed by atoms with Crippen LogP contribution >= 0.6 is 0 Å². The van der Waals surface area contributed by atoms with Crippen molar-refractivity contribution in [3.05, 3.63) is 71.9 Å². The van der Waals surface area contributed by atoms with Gasteiger partial charge >= 0.3 is 0 Å². The minimum absolute atomic E-state index is 0.0251. The number of hydrogen-bond donors (Lipinski definition) is 0. The summed E-state index contributed by atoms with van der Waals surface area (Å²) in [5.41, 5.74) is 2.92. The average molecular weight is 458 g/mol. The Balaban J connectivity index is 1.24. The number of amides is 2. The number of piperidine rings is 1. The van der Waals surface area contributed by atoms with E-state index in [1.807, 2.05) is 52.4 Å². The van der Waals surface area contributed by atoms with Crippen LogP contribution in [-0.2, 0) is 11.2 Å². The number of fused-ring (bicyclic) bond motifs is 1. The summed E-state index contributed by atoms with van der Waals surface area (Å²) in [6.07, 6.45) is 6.42. The Morgan fingerprint density at radius 1 is 1.03 bits per heavy atom. The van der Waals surface area contributed by atoms with Gasteiger partial charge in [-0.15, -0.1) is 0 Å². The van der Waals surface area contributed by atoms with Crippen molar-refractivity contribution in [3.63, 3.8) is 0 Å². The molecular formula is C28H31N3O3. The van der Waals surface area contributed by atoms with Crippen LogP contribution in [-0.4, -0.2) is 59.4 Å². The highest BCUT2D eigenvalue weighted by Gasteiger charge is 2.27. The summed E-state index contributed by atoms with van der Waals surface area (Å²) in [7, 11) is 0. The molecule has 3 heterocycles. The molecule has 2 aliphatic heterocycles. The molecule has 1 aromatic heterocycles. The molecule has 2 aliphatic rings. The first-order valence-electron chi connectivity index (χ1n) is 12.3. The van der Waals surface area contributed by atoms with E-state index in [4.69, 9.17) is 4.74 Å². The van der Waals surface area contributed by atoms with Gasteiger partial charge in [-0.05, 0) is 61.4 Å². The molecule has 5 rings (SSSR count). The summed E-state index contributed by atoms with van der Waals surface area (Å²) in [5.74, 6) is 1.23. The number of carbonyl (C=O) groups excluding carboxylic acids is 2. The van der Waals surface area contributed by atoms with E-state index in [9.17, 15) is 9.59 Å². The van der Waals surface area contributed by atoms with Gasteiger partial charge in [0.25, 0.3) is 5.91 Å². The van der Waals surface area contributed by atoms with Crippen molar-refractivity contribution in [3.8, 4) is 5.75 Å². The van der Waals surface area contributed by atoms with Gasteiger partial charge in [0.15, 0.2) is 0 Å². The second-order valence-electron chi connectivity index (χ2n) is 9.28. The molecule has 0 radical (unpaired) electrons. The largest absolute Gasteiger partial charge is 0.491 e. The van der Waals surface area contributed by atoms with Gasteiger partial charge in [0.05, 0.1) is 17.6 Å². The van der Waals surface area contributed by atoms with E-state index in [1.54, 1.807) is 0 Å². The van der Waals surface area contributed by atoms with Crippen LogP contribution in [0.25, 0.3) is 10.9 Å². The number of hydrogen-bond acceptors (Lipinski definition) is 4. The standard InChI is InChI=1S/C28H31N3O3/c32-27-13-6-15-30(27)17-18-34-26-12-2-1-9-24(26)28(33)31-16-5-7-21(20-31)19-22-8-3-11-25-23(22)10-4-14-29-25/h1-4,8-12,14,21H,5-7,13,15-20H2/t21-/m1/s1. The topological polar surface area (TPSA) is 62.7 Å². The molecule has 34 heavy (non-hydrogen) atoms. The van der Waals surface area contributed by atoms with Crippen LogP contribution in [0.1, 0.15) is 41.6 Å². The van der Waals surface area contributed by atoms with Gasteiger partial charge in [0.2, 0.25) is 5.91 Å². The zero-order valence-corrected chi connectivity index (χ0v) is 19.5. The number of nitrogens with zero attached hydrogens (tertiary/aromatic N) is 3. The number of pyridine rings is 1. The molecule has 0 spiro atoms. The fourth-order valence-electron chi connectivity index (χ4n) is 5.22. The van der Waals surface area contributed by atoms with Gasteiger partial charge in [0.1, 0.15) is 12.4 Å². The average Bonchev–Trinajstić information content (AvgIpc) is 3.29. The Labute approximate surface area is 200 Å². The van der Waals surface area contributed by atoms with Gasteiger partial charge in [-0.25, -0.2) is 0 Å². The first-order valence-corrected chi connectivity index (χ1v) is 12.3. The van der Waals surface area contributed by atoms with Crippen molar-refractivity contribution in [1.82, 2.24) is 14.8 Å². The van der Waals surface area contributed by atoms with E-state index in [0.29, 0.717) is 36.8 Å². The van der Waals surface area contributed by atoms with E-state index in [-0.39, 0.29) is 11.8 Å². The predicted molar refractivity (Wildman–Crippen MR) is 132 cm³/mol. The molecule has 2 aromatic carbocycles. The van der Waals surface area contributed by atoms with E-state index in [2.05, 4.69) is 23.2 Å². The number of rotatable bonds is 7. The van der Waals surface area contributed by atoms with Crippen LogP contribution in [0.2, 0.25) is 0 Å². The van der Waals surface area contributed by atoms with Gasteiger partial charge in [-0.3, -0.25) is 14.6 Å². The third-order valence-electron chi connectivity index (χ3n) is 6.96. The molecule has 0 aliphatic carbocycles. The highest BCUT2D eigenvalue weighted by atomic mass is 16.5. The molecule has 0 unspecified atom stereocenters. The number of carbonyl (C=O) groups is 2. The van der Waals surface area contributed by atoms with Crippen LogP contribution in [0.15, 0.2) is 60.8 Å². The van der Waals surface area contributed by atoms with Crippen molar-refractivity contribution >= 4 is 22.7 Å². The molecule has 0 bridgehead atoms. The van der Waals surface area contributed by atoms with Crippen LogP contribution in [0.5, 0.6) is 5.75 Å². The van der Waals surface area contributed by atoms with E-state index < -0.39 is 0 Å². The predicted octanol–water partition coefficient (Wildman–Crippen LogP) is 4.33. The molecule has 0 saturated carbocycles. The van der Waals surface area contributed by atoms with Gasteiger partial charge in [-0.2, -0.15) is 0 Å². The molecule has 0 N–H and O–H groups in total. The summed E-state index contributed by atoms with van der Waals surface area (Å²) in [5, 5.41) is 1.20. The number of para-hydroxylation sites is 1. The lowest BCUT2D eigenvalue weighted by molar-refractivity contribution is -0.128. The van der Waals surface area contributed by atoms with Crippen LogP contribution in [0, 0.1) is 5.92 Å². The molecule has 6 heteroatoms. The monoisotopic (exact) mass is 457 g/mol. The Bertz CT molecular complexity index is 1170. The minimum atomic E-state index is 0.0251. The lowest BCUT2D eigenvalue weighted by Crippen LogP contribution is -2.40. The zero-order valence-electron chi connectivity index (χ0n) is 19.5. The summed E-state index contributed by atoms with van der Waals surface area (Å²) in [6, 6.07) is 17.9. The first kappa shape index (κ1) is 22.4. The van der Waals surface area contributed by atoms with Crippen molar-refractivity contribution in [1.29, 1.82) is 0 Å². The third kappa shape index (κ3) is 4.91. The summed E-state index contributed by atoms with van der Waals surface area (Å²) in [6.45, 7) is 3.26. The quantitative estimate of drug-likeness (QED) is 0.530. The van der Waals surface area contributed by atoms with Crippen LogP contribution in [0.3, 0.4) is 0 Å². The van der Waals surface area contributed by atoms with Crippen molar-refractivity contribution < 1.29 is 14.3 Å². The molecule has 176 valence electrons. The molecule has 2 saturated heterocycles. The second kappa shape index (κ2) is 10.2. The third-order valence-corrected chi connectivity index (χ3v) is 6.96. The maximum absolute atomic E-state index is 13.5. The molecule has 2 amide bonds. The highest BCUT2D eigenvalue weighted by Crippen LogP contribution is 2.27. The Morgan fingerprint density at radius 2 is 1.94 bits per heavy atom. The Morgan fingerprint density at radius 3 is 2.82 bits per heavy atom. The molecule has 2 fully saturated rings. The number of likely N-dealkylation sites (tertiary alicyclic amines) is 2. The zero-order chi connectivity index (χ0) is 23.3. The van der Waals surface area contributed by atoms with Crippen LogP contribution < -0.4 is 4.74 Å². The number of ether oxygens (including phenoxy) is 1. The lowest BCUT2D eigenvalue weighted by atomic mass is 9.89. The molecule has 3 aromatic rings. The molecular weight excluding hydrogens is 426 g/mol. The van der Waals surface area contributed by atoms with E-state index in [0.717, 1.165) is 50.8 Å². The fourth-order valence-corrected chi connectivity index (χ4v) is 5.22. The van der Waals surface area contributed by atoms with Gasteiger partial charge < -0.3 is 14.5 Å². The summed E-state index contributed by atoms with van der Waals surface area (Å²) in [4.78, 5) is 33.6. The number of benzene rings is 2. The summed E-state index contributed by atoms with van der Waals surface area (Å²) < 4.78 is 5.98. The number of aromatic nitrogens is 1. The molecule has 6 nitrogen and oxygen atoms in total. The normalized spacial score (nSPS) is 18.5. The maximum Gasteiger partial charge on any atom is 0.257 e. The SMILES string of the molecule is O=C1CCCN1CCOc1ccccc1C(=O)N1CCC[C@H](Cc2cccc3ncccc23)C1. The lowest BCUT2D eigenvalue weighted by Gasteiger charge is -2.33. The van der Waals surface area contributed by atoms with Crippen molar-refractivity contribution in [2.45, 2.75) is 32.1 Å². The molecule has 1 atom stereocenters. The van der Waals surface area contributed by atoms with E-state index >= 15 is 0 Å². The minimum Gasteiger partial charge on any atom is -0.491 e.